The van der Waals surface area contributed by atoms with Gasteiger partial charge in [0.05, 0.1) is 0 Å². The van der Waals surface area contributed by atoms with Crippen LogP contribution in [-0.2, 0) is 17.7 Å². The Kier molecular flexibility index (Phi) is 8.48. The van der Waals surface area contributed by atoms with E-state index in [9.17, 15) is 4.79 Å². The van der Waals surface area contributed by atoms with Crippen LogP contribution >= 0.6 is 0 Å². The van der Waals surface area contributed by atoms with E-state index in [-0.39, 0.29) is 6.03 Å². The number of carbonyl (C=O) groups excluding carboxylic acids is 1. The molecule has 0 aliphatic heterocycles. The van der Waals surface area contributed by atoms with E-state index in [1.54, 1.807) is 7.11 Å². The number of methoxy groups -OCH3 is 1. The van der Waals surface area contributed by atoms with Gasteiger partial charge in [0.15, 0.2) is 0 Å². The SMILES string of the molecule is COCCCCN(Cc1ccccc1)C(=O)Nc1ccccc1Cc1ccccc1. The van der Waals surface area contributed by atoms with Crippen molar-refractivity contribution in [3.05, 3.63) is 102 Å². The Bertz CT molecular complexity index is 897. The van der Waals surface area contributed by atoms with Crippen LogP contribution in [-0.4, -0.2) is 31.2 Å². The van der Waals surface area contributed by atoms with Crippen LogP contribution < -0.4 is 5.32 Å². The van der Waals surface area contributed by atoms with Crippen LogP contribution in [0.25, 0.3) is 0 Å². The molecule has 0 aliphatic rings. The third kappa shape index (κ3) is 6.75. The predicted molar refractivity (Wildman–Crippen MR) is 123 cm³/mol. The maximum Gasteiger partial charge on any atom is 0.322 e. The molecule has 4 nitrogen and oxygen atoms in total. The standard InChI is InChI=1S/C26H30N2O2/c1-30-19-11-10-18-28(21-23-14-6-3-7-15-23)26(29)27-25-17-9-8-16-24(25)20-22-12-4-2-5-13-22/h2-9,12-17H,10-11,18-21H2,1H3,(H,27,29). The van der Waals surface area contributed by atoms with Crippen LogP contribution in [0.5, 0.6) is 0 Å². The monoisotopic (exact) mass is 402 g/mol. The molecule has 0 unspecified atom stereocenters. The van der Waals surface area contributed by atoms with E-state index >= 15 is 0 Å². The first kappa shape index (κ1) is 21.6. The van der Waals surface area contributed by atoms with Gasteiger partial charge in [0.2, 0.25) is 0 Å². The minimum atomic E-state index is -0.0724. The first-order chi connectivity index (χ1) is 14.8. The van der Waals surface area contributed by atoms with Crippen molar-refractivity contribution in [2.75, 3.05) is 25.6 Å². The number of carbonyl (C=O) groups is 1. The molecule has 0 heterocycles. The summed E-state index contributed by atoms with van der Waals surface area (Å²) in [6.45, 7) is 1.98. The van der Waals surface area contributed by atoms with Gasteiger partial charge in [0.25, 0.3) is 0 Å². The van der Waals surface area contributed by atoms with Crippen LogP contribution in [0.15, 0.2) is 84.9 Å². The van der Waals surface area contributed by atoms with E-state index in [0.717, 1.165) is 36.1 Å². The van der Waals surface area contributed by atoms with Gasteiger partial charge >= 0.3 is 6.03 Å². The van der Waals surface area contributed by atoms with Gasteiger partial charge < -0.3 is 15.0 Å². The molecule has 4 heteroatoms. The van der Waals surface area contributed by atoms with Crippen molar-refractivity contribution in [1.82, 2.24) is 4.90 Å². The van der Waals surface area contributed by atoms with E-state index < -0.39 is 0 Å². The average molecular weight is 403 g/mol. The third-order valence-electron chi connectivity index (χ3n) is 5.03. The summed E-state index contributed by atoms with van der Waals surface area (Å²) >= 11 is 0. The third-order valence-corrected chi connectivity index (χ3v) is 5.03. The van der Waals surface area contributed by atoms with Crippen molar-refractivity contribution < 1.29 is 9.53 Å². The molecule has 3 rings (SSSR count). The predicted octanol–water partition coefficient (Wildman–Crippen LogP) is 5.74. The fourth-order valence-corrected chi connectivity index (χ4v) is 3.41. The average Bonchev–Trinajstić information content (AvgIpc) is 2.78. The lowest BCUT2D eigenvalue weighted by molar-refractivity contribution is 0.182. The number of unbranched alkanes of at least 4 members (excludes halogenated alkanes) is 1. The number of rotatable bonds is 10. The summed E-state index contributed by atoms with van der Waals surface area (Å²) in [5, 5.41) is 3.15. The lowest BCUT2D eigenvalue weighted by Crippen LogP contribution is -2.35. The second-order valence-corrected chi connectivity index (χ2v) is 7.36. The lowest BCUT2D eigenvalue weighted by atomic mass is 10.0. The number of nitrogens with zero attached hydrogens (tertiary/aromatic N) is 1. The summed E-state index contributed by atoms with van der Waals surface area (Å²) in [4.78, 5) is 15.0. The summed E-state index contributed by atoms with van der Waals surface area (Å²) in [5.41, 5.74) is 4.31. The summed E-state index contributed by atoms with van der Waals surface area (Å²) in [5.74, 6) is 0. The quantitative estimate of drug-likeness (QED) is 0.440. The molecular formula is C26H30N2O2. The zero-order chi connectivity index (χ0) is 21.0. The van der Waals surface area contributed by atoms with Crippen LogP contribution in [0, 0.1) is 0 Å². The maximum absolute atomic E-state index is 13.2. The molecule has 3 aromatic carbocycles. The van der Waals surface area contributed by atoms with Gasteiger partial charge in [-0.05, 0) is 42.0 Å². The minimum Gasteiger partial charge on any atom is -0.385 e. The van der Waals surface area contributed by atoms with Gasteiger partial charge in [-0.3, -0.25) is 0 Å². The van der Waals surface area contributed by atoms with Crippen molar-refractivity contribution in [3.8, 4) is 0 Å². The second-order valence-electron chi connectivity index (χ2n) is 7.36. The fraction of sp³-hybridized carbons (Fsp3) is 0.269. The largest absolute Gasteiger partial charge is 0.385 e. The number of anilines is 1. The maximum atomic E-state index is 13.2. The molecule has 0 spiro atoms. The molecule has 0 radical (unpaired) electrons. The van der Waals surface area contributed by atoms with Crippen LogP contribution in [0.4, 0.5) is 10.5 Å². The molecule has 2 amide bonds. The van der Waals surface area contributed by atoms with Crippen molar-refractivity contribution in [2.45, 2.75) is 25.8 Å². The molecule has 0 saturated heterocycles. The van der Waals surface area contributed by atoms with E-state index in [1.807, 2.05) is 59.5 Å². The topological polar surface area (TPSA) is 41.6 Å². The Hall–Kier alpha value is -3.11. The van der Waals surface area contributed by atoms with E-state index in [0.29, 0.717) is 19.7 Å². The Morgan fingerprint density at radius 2 is 1.47 bits per heavy atom. The van der Waals surface area contributed by atoms with Gasteiger partial charge in [0, 0.05) is 32.5 Å². The smallest absolute Gasteiger partial charge is 0.322 e. The van der Waals surface area contributed by atoms with Crippen molar-refractivity contribution in [3.63, 3.8) is 0 Å². The highest BCUT2D eigenvalue weighted by molar-refractivity contribution is 5.90. The number of hydrogen-bond donors (Lipinski definition) is 1. The lowest BCUT2D eigenvalue weighted by Gasteiger charge is -2.24. The van der Waals surface area contributed by atoms with Crippen molar-refractivity contribution in [2.24, 2.45) is 0 Å². The highest BCUT2D eigenvalue weighted by Gasteiger charge is 2.15. The zero-order valence-corrected chi connectivity index (χ0v) is 17.6. The number of benzene rings is 3. The van der Waals surface area contributed by atoms with Crippen LogP contribution in [0.1, 0.15) is 29.5 Å². The summed E-state index contributed by atoms with van der Waals surface area (Å²) in [6, 6.07) is 28.4. The first-order valence-corrected chi connectivity index (χ1v) is 10.5. The molecule has 0 aromatic heterocycles. The Balaban J connectivity index is 1.71. The van der Waals surface area contributed by atoms with Gasteiger partial charge in [-0.25, -0.2) is 4.79 Å². The normalized spacial score (nSPS) is 10.6. The van der Waals surface area contributed by atoms with E-state index in [2.05, 4.69) is 35.6 Å². The fourth-order valence-electron chi connectivity index (χ4n) is 3.41. The van der Waals surface area contributed by atoms with Crippen LogP contribution in [0.3, 0.4) is 0 Å². The van der Waals surface area contributed by atoms with Gasteiger partial charge in [-0.15, -0.1) is 0 Å². The molecule has 0 atom stereocenters. The summed E-state index contributed by atoms with van der Waals surface area (Å²) in [6.07, 6.45) is 2.61. The Morgan fingerprint density at radius 3 is 2.17 bits per heavy atom. The molecule has 156 valence electrons. The van der Waals surface area contributed by atoms with E-state index in [1.165, 1.54) is 5.56 Å². The second kappa shape index (κ2) is 11.8. The molecular weight excluding hydrogens is 372 g/mol. The number of amides is 2. The minimum absolute atomic E-state index is 0.0724. The van der Waals surface area contributed by atoms with Crippen LogP contribution in [0.2, 0.25) is 0 Å². The first-order valence-electron chi connectivity index (χ1n) is 10.5. The summed E-state index contributed by atoms with van der Waals surface area (Å²) in [7, 11) is 1.71. The number of hydrogen-bond acceptors (Lipinski definition) is 2. The molecule has 30 heavy (non-hydrogen) atoms. The molecule has 0 aliphatic carbocycles. The summed E-state index contributed by atoms with van der Waals surface area (Å²) < 4.78 is 5.15. The highest BCUT2D eigenvalue weighted by Crippen LogP contribution is 2.20. The molecule has 1 N–H and O–H groups in total. The Labute approximate surface area is 179 Å². The number of para-hydroxylation sites is 1. The molecule has 3 aromatic rings. The van der Waals surface area contributed by atoms with Gasteiger partial charge in [0.1, 0.15) is 0 Å². The molecule has 0 saturated carbocycles. The van der Waals surface area contributed by atoms with Gasteiger partial charge in [-0.2, -0.15) is 0 Å². The number of nitrogens with one attached hydrogen (secondary N) is 1. The van der Waals surface area contributed by atoms with Crippen molar-refractivity contribution >= 4 is 11.7 Å². The zero-order valence-electron chi connectivity index (χ0n) is 17.6. The number of urea groups is 1. The molecule has 0 fully saturated rings. The number of ether oxygens (including phenoxy) is 1. The van der Waals surface area contributed by atoms with Gasteiger partial charge in [-0.1, -0.05) is 78.9 Å². The highest BCUT2D eigenvalue weighted by atomic mass is 16.5. The van der Waals surface area contributed by atoms with Crippen molar-refractivity contribution in [1.29, 1.82) is 0 Å². The molecule has 0 bridgehead atoms. The Morgan fingerprint density at radius 1 is 0.833 bits per heavy atom. The van der Waals surface area contributed by atoms with E-state index in [4.69, 9.17) is 4.74 Å².